The number of esters is 3. The third-order valence-corrected chi connectivity index (χ3v) is 12.4. The summed E-state index contributed by atoms with van der Waals surface area (Å²) in [5.41, 5.74) is 0. The lowest BCUT2D eigenvalue weighted by Crippen LogP contribution is -2.30. The first-order valence-electron chi connectivity index (χ1n) is 28.0. The average molecular weight is 899 g/mol. The molecule has 0 aliphatic heterocycles. The molecule has 0 aliphatic rings. The van der Waals surface area contributed by atoms with Crippen LogP contribution in [-0.2, 0) is 28.6 Å². The van der Waals surface area contributed by atoms with Gasteiger partial charge in [-0.3, -0.25) is 14.4 Å². The van der Waals surface area contributed by atoms with Crippen LogP contribution in [0.2, 0.25) is 0 Å². The van der Waals surface area contributed by atoms with Gasteiger partial charge in [-0.25, -0.2) is 0 Å². The molecular weight excluding hydrogens is 793 g/mol. The Morgan fingerprint density at radius 3 is 0.891 bits per heavy atom. The Morgan fingerprint density at radius 2 is 0.562 bits per heavy atom. The molecule has 0 fully saturated rings. The van der Waals surface area contributed by atoms with Crippen molar-refractivity contribution in [2.75, 3.05) is 13.2 Å². The van der Waals surface area contributed by atoms with Crippen LogP contribution < -0.4 is 0 Å². The second-order valence-corrected chi connectivity index (χ2v) is 18.8. The van der Waals surface area contributed by atoms with Gasteiger partial charge in [-0.2, -0.15) is 0 Å². The number of carbonyl (C=O) groups is 3. The zero-order chi connectivity index (χ0) is 46.5. The molecule has 0 aromatic carbocycles. The predicted molar refractivity (Wildman–Crippen MR) is 275 cm³/mol. The molecule has 0 rings (SSSR count). The second kappa shape index (κ2) is 53.2. The Bertz CT molecular complexity index is 1080. The highest BCUT2D eigenvalue weighted by Gasteiger charge is 2.19. The summed E-state index contributed by atoms with van der Waals surface area (Å²) in [6, 6.07) is 0. The van der Waals surface area contributed by atoms with Crippen molar-refractivity contribution in [2.45, 2.75) is 303 Å². The van der Waals surface area contributed by atoms with E-state index in [0.29, 0.717) is 19.3 Å². The van der Waals surface area contributed by atoms with Gasteiger partial charge in [0.15, 0.2) is 6.10 Å². The first kappa shape index (κ1) is 61.6. The third-order valence-electron chi connectivity index (χ3n) is 12.4. The van der Waals surface area contributed by atoms with Crippen LogP contribution in [0.3, 0.4) is 0 Å². The Hall–Kier alpha value is -2.37. The molecule has 6 nitrogen and oxygen atoms in total. The quantitative estimate of drug-likeness (QED) is 0.0262. The summed E-state index contributed by atoms with van der Waals surface area (Å²) < 4.78 is 16.8. The molecule has 1 unspecified atom stereocenters. The Morgan fingerprint density at radius 1 is 0.312 bits per heavy atom. The van der Waals surface area contributed by atoms with Crippen molar-refractivity contribution in [3.63, 3.8) is 0 Å². The van der Waals surface area contributed by atoms with Gasteiger partial charge in [0.25, 0.3) is 0 Å². The minimum absolute atomic E-state index is 0.0728. The van der Waals surface area contributed by atoms with E-state index in [2.05, 4.69) is 57.2 Å². The van der Waals surface area contributed by atoms with E-state index in [1.807, 2.05) is 0 Å². The molecule has 0 aromatic rings. The minimum atomic E-state index is -0.771. The van der Waals surface area contributed by atoms with Crippen LogP contribution in [0.1, 0.15) is 297 Å². The maximum atomic E-state index is 12.8. The van der Waals surface area contributed by atoms with Crippen LogP contribution in [0.5, 0.6) is 0 Å². The van der Waals surface area contributed by atoms with E-state index in [4.69, 9.17) is 14.2 Å². The minimum Gasteiger partial charge on any atom is -0.462 e. The van der Waals surface area contributed by atoms with E-state index >= 15 is 0 Å². The molecule has 0 heterocycles. The number of hydrogen-bond donors (Lipinski definition) is 0. The zero-order valence-electron chi connectivity index (χ0n) is 42.8. The molecule has 0 aromatic heterocycles. The van der Waals surface area contributed by atoms with Crippen molar-refractivity contribution >= 4 is 17.9 Å². The maximum absolute atomic E-state index is 12.8. The van der Waals surface area contributed by atoms with E-state index in [0.717, 1.165) is 70.6 Å². The molecule has 1 atom stereocenters. The molecule has 0 amide bonds. The standard InChI is InChI=1S/C58H106O6/c1-4-7-10-13-16-19-21-23-24-25-26-27-28-29-30-31-32-33-34-36-37-39-42-45-48-51-57(60)63-54-55(53-62-56(59)50-47-44-41-18-15-12-9-6-3)64-58(61)52-49-46-43-40-38-35-22-20-17-14-11-8-5-2/h20-23,25-26,55H,4-19,24,27-54H2,1-3H3/b22-20-,23-21-,26-25-. The number of unbranched alkanes of at least 4 members (excludes halogenated alkanes) is 34. The number of allylic oxidation sites excluding steroid dienone is 6. The van der Waals surface area contributed by atoms with Gasteiger partial charge in [-0.05, 0) is 77.0 Å². The van der Waals surface area contributed by atoms with Crippen LogP contribution in [0.25, 0.3) is 0 Å². The van der Waals surface area contributed by atoms with Crippen molar-refractivity contribution < 1.29 is 28.6 Å². The van der Waals surface area contributed by atoms with Gasteiger partial charge in [-0.1, -0.05) is 237 Å². The number of rotatable bonds is 51. The highest BCUT2D eigenvalue weighted by molar-refractivity contribution is 5.71. The normalized spacial score (nSPS) is 12.2. The summed E-state index contributed by atoms with van der Waals surface area (Å²) in [4.78, 5) is 37.9. The summed E-state index contributed by atoms with van der Waals surface area (Å²) in [5, 5.41) is 0. The highest BCUT2D eigenvalue weighted by atomic mass is 16.6. The van der Waals surface area contributed by atoms with Crippen molar-refractivity contribution in [1.82, 2.24) is 0 Å². The largest absolute Gasteiger partial charge is 0.462 e. The number of ether oxygens (including phenoxy) is 3. The molecule has 0 saturated heterocycles. The van der Waals surface area contributed by atoms with E-state index < -0.39 is 6.10 Å². The fourth-order valence-electron chi connectivity index (χ4n) is 8.12. The van der Waals surface area contributed by atoms with E-state index in [1.54, 1.807) is 0 Å². The van der Waals surface area contributed by atoms with E-state index in [1.165, 1.54) is 186 Å². The van der Waals surface area contributed by atoms with E-state index in [9.17, 15) is 14.4 Å². The summed E-state index contributed by atoms with van der Waals surface area (Å²) >= 11 is 0. The first-order valence-corrected chi connectivity index (χ1v) is 28.0. The Kier molecular flexibility index (Phi) is 51.3. The SMILES string of the molecule is CCCCCC/C=C\CCCCCCCC(=O)OC(COC(=O)CCCCCCCCCC)COC(=O)CCCCCCCCCCCCCCC/C=C\C/C=C\CCCCCCC. The van der Waals surface area contributed by atoms with Crippen LogP contribution in [0.15, 0.2) is 36.5 Å². The summed E-state index contributed by atoms with van der Waals surface area (Å²) in [6.07, 6.45) is 63.0. The van der Waals surface area contributed by atoms with Crippen LogP contribution in [0, 0.1) is 0 Å². The van der Waals surface area contributed by atoms with Crippen molar-refractivity contribution in [3.8, 4) is 0 Å². The highest BCUT2D eigenvalue weighted by Crippen LogP contribution is 2.16. The smallest absolute Gasteiger partial charge is 0.306 e. The summed E-state index contributed by atoms with van der Waals surface area (Å²) in [6.45, 7) is 6.60. The van der Waals surface area contributed by atoms with Gasteiger partial charge >= 0.3 is 17.9 Å². The molecule has 0 radical (unpaired) electrons. The zero-order valence-corrected chi connectivity index (χ0v) is 42.8. The van der Waals surface area contributed by atoms with E-state index in [-0.39, 0.29) is 31.1 Å². The van der Waals surface area contributed by atoms with Gasteiger partial charge in [0.2, 0.25) is 0 Å². The fraction of sp³-hybridized carbons (Fsp3) is 0.845. The second-order valence-electron chi connectivity index (χ2n) is 18.8. The van der Waals surface area contributed by atoms with Crippen LogP contribution >= 0.6 is 0 Å². The van der Waals surface area contributed by atoms with Crippen molar-refractivity contribution in [1.29, 1.82) is 0 Å². The van der Waals surface area contributed by atoms with Crippen LogP contribution in [0.4, 0.5) is 0 Å². The summed E-state index contributed by atoms with van der Waals surface area (Å²) in [7, 11) is 0. The molecule has 0 aliphatic carbocycles. The molecule has 64 heavy (non-hydrogen) atoms. The van der Waals surface area contributed by atoms with Gasteiger partial charge in [-0.15, -0.1) is 0 Å². The Labute approximate surface area is 397 Å². The number of carbonyl (C=O) groups excluding carboxylic acids is 3. The molecule has 6 heteroatoms. The topological polar surface area (TPSA) is 78.9 Å². The fourth-order valence-corrected chi connectivity index (χ4v) is 8.12. The third kappa shape index (κ3) is 50.6. The molecule has 0 spiro atoms. The predicted octanol–water partition coefficient (Wildman–Crippen LogP) is 18.5. The monoisotopic (exact) mass is 899 g/mol. The summed E-state index contributed by atoms with van der Waals surface area (Å²) in [5.74, 6) is -0.875. The van der Waals surface area contributed by atoms with Crippen molar-refractivity contribution in [3.05, 3.63) is 36.5 Å². The van der Waals surface area contributed by atoms with Gasteiger partial charge in [0.05, 0.1) is 0 Å². The van der Waals surface area contributed by atoms with Crippen LogP contribution in [-0.4, -0.2) is 37.2 Å². The lowest BCUT2D eigenvalue weighted by atomic mass is 10.0. The number of hydrogen-bond acceptors (Lipinski definition) is 6. The Balaban J connectivity index is 4.13. The molecule has 0 bridgehead atoms. The first-order chi connectivity index (χ1) is 31.5. The van der Waals surface area contributed by atoms with Gasteiger partial charge < -0.3 is 14.2 Å². The lowest BCUT2D eigenvalue weighted by molar-refractivity contribution is -0.167. The van der Waals surface area contributed by atoms with Crippen molar-refractivity contribution in [2.24, 2.45) is 0 Å². The maximum Gasteiger partial charge on any atom is 0.306 e. The average Bonchev–Trinajstić information content (AvgIpc) is 3.29. The molecular formula is C58H106O6. The van der Waals surface area contributed by atoms with Gasteiger partial charge in [0, 0.05) is 19.3 Å². The molecule has 0 N–H and O–H groups in total. The molecule has 0 saturated carbocycles. The molecule has 374 valence electrons. The lowest BCUT2D eigenvalue weighted by Gasteiger charge is -2.18. The van der Waals surface area contributed by atoms with Gasteiger partial charge in [0.1, 0.15) is 13.2 Å².